The molecule has 0 unspecified atom stereocenters. The van der Waals surface area contributed by atoms with Gasteiger partial charge in [0.1, 0.15) is 11.1 Å². The van der Waals surface area contributed by atoms with Gasteiger partial charge in [0.25, 0.3) is 17.7 Å². The molecule has 3 saturated heterocycles. The van der Waals surface area contributed by atoms with E-state index in [9.17, 15) is 24.0 Å². The first-order valence-corrected chi connectivity index (χ1v) is 12.9. The molecule has 172 valence electrons. The molecule has 0 radical (unpaired) electrons. The molecule has 2 aliphatic carbocycles. The highest BCUT2D eigenvalue weighted by Gasteiger charge is 2.67. The Balaban J connectivity index is 1.29. The summed E-state index contributed by atoms with van der Waals surface area (Å²) in [5.41, 5.74) is -0.689. The lowest BCUT2D eigenvalue weighted by Crippen LogP contribution is -2.64. The van der Waals surface area contributed by atoms with Crippen LogP contribution in [0, 0.1) is 5.41 Å². The molecule has 1 N–H and O–H groups in total. The van der Waals surface area contributed by atoms with E-state index in [1.165, 1.54) is 40.4 Å². The Morgan fingerprint density at radius 3 is 2.16 bits per heavy atom. The summed E-state index contributed by atoms with van der Waals surface area (Å²) < 4.78 is 0.709. The molecule has 3 heterocycles. The molecule has 2 saturated carbocycles. The average Bonchev–Trinajstić information content (AvgIpc) is 2.91. The highest BCUT2D eigenvalue weighted by atomic mass is 32.2. The highest BCUT2D eigenvalue weighted by Crippen LogP contribution is 2.61. The number of thioether (sulfide) groups is 2. The molecule has 0 atom stereocenters. The Bertz CT molecular complexity index is 955. The number of nitrogens with one attached hydrogen (secondary N) is 1. The van der Waals surface area contributed by atoms with Crippen molar-refractivity contribution in [3.05, 3.63) is 9.81 Å². The van der Waals surface area contributed by atoms with E-state index in [2.05, 4.69) is 5.32 Å². The van der Waals surface area contributed by atoms with Gasteiger partial charge < -0.3 is 4.90 Å². The normalized spacial score (nSPS) is 35.9. The van der Waals surface area contributed by atoms with Crippen LogP contribution in [0.25, 0.3) is 0 Å². The van der Waals surface area contributed by atoms with Crippen LogP contribution in [0.4, 0.5) is 9.59 Å². The van der Waals surface area contributed by atoms with Crippen molar-refractivity contribution in [2.45, 2.75) is 56.5 Å². The van der Waals surface area contributed by atoms with Crippen LogP contribution in [0.5, 0.6) is 0 Å². The van der Waals surface area contributed by atoms with Crippen LogP contribution in [0.2, 0.25) is 0 Å². The van der Waals surface area contributed by atoms with Crippen molar-refractivity contribution < 1.29 is 24.0 Å². The fourth-order valence-electron chi connectivity index (χ4n) is 5.97. The Morgan fingerprint density at radius 2 is 1.59 bits per heavy atom. The largest absolute Gasteiger partial charge is 0.331 e. The number of rotatable bonds is 1. The Hall–Kier alpha value is -2.01. The van der Waals surface area contributed by atoms with Gasteiger partial charge in [0.05, 0.1) is 4.24 Å². The predicted octanol–water partition coefficient (Wildman–Crippen LogP) is 2.13. The molecule has 0 bridgehead atoms. The maximum atomic E-state index is 13.2. The van der Waals surface area contributed by atoms with Gasteiger partial charge in [-0.2, -0.15) is 0 Å². The van der Waals surface area contributed by atoms with Crippen LogP contribution < -0.4 is 5.32 Å². The number of imide groups is 3. The van der Waals surface area contributed by atoms with Crippen molar-refractivity contribution in [2.24, 2.45) is 5.41 Å². The summed E-state index contributed by atoms with van der Waals surface area (Å²) >= 11 is 3.01. The van der Waals surface area contributed by atoms with Crippen LogP contribution in [-0.2, 0) is 14.4 Å². The van der Waals surface area contributed by atoms with Gasteiger partial charge in [0.2, 0.25) is 0 Å². The number of likely N-dealkylation sites (N-methyl/N-ethyl adjacent to an activating group) is 2. The molecule has 2 spiro atoms. The molecule has 0 aromatic heterocycles. The Labute approximate surface area is 194 Å². The number of nitrogens with zero attached hydrogens (tertiary/aromatic N) is 3. The minimum atomic E-state index is -0.740. The smallest absolute Gasteiger partial charge is 0.313 e. The third-order valence-corrected chi connectivity index (χ3v) is 10.3. The van der Waals surface area contributed by atoms with Gasteiger partial charge in [-0.1, -0.05) is 0 Å². The highest BCUT2D eigenvalue weighted by molar-refractivity contribution is 8.22. The summed E-state index contributed by atoms with van der Waals surface area (Å²) in [7, 11) is 3.21. The standard InChI is InChI=1S/C21H26N4O5S2/c1-23-17(28)21(24(2)19(23)30)10-20(11-21)6-4-12(5-7-20)25-15(27)13(14(26)22-18(25)29)16-31-8-3-9-32-16/h12H,3-11H2,1-2H3,(H,22,26,29). The first-order valence-electron chi connectivity index (χ1n) is 10.9. The molecule has 5 rings (SSSR count). The van der Waals surface area contributed by atoms with E-state index < -0.39 is 23.4 Å². The zero-order valence-electron chi connectivity index (χ0n) is 18.1. The van der Waals surface area contributed by atoms with E-state index in [1.807, 2.05) is 0 Å². The van der Waals surface area contributed by atoms with Gasteiger partial charge in [-0.25, -0.2) is 9.59 Å². The van der Waals surface area contributed by atoms with Crippen molar-refractivity contribution in [1.82, 2.24) is 20.0 Å². The number of carbonyl (C=O) groups is 5. The van der Waals surface area contributed by atoms with E-state index in [0.29, 0.717) is 29.9 Å². The number of amides is 7. The van der Waals surface area contributed by atoms with Crippen LogP contribution >= 0.6 is 23.5 Å². The van der Waals surface area contributed by atoms with Crippen LogP contribution in [0.15, 0.2) is 9.81 Å². The predicted molar refractivity (Wildman–Crippen MR) is 120 cm³/mol. The topological polar surface area (TPSA) is 107 Å². The monoisotopic (exact) mass is 478 g/mol. The number of hydrogen-bond acceptors (Lipinski definition) is 7. The van der Waals surface area contributed by atoms with Gasteiger partial charge in [-0.15, -0.1) is 23.5 Å². The fraction of sp³-hybridized carbons (Fsp3) is 0.667. The lowest BCUT2D eigenvalue weighted by atomic mass is 9.51. The van der Waals surface area contributed by atoms with Crippen LogP contribution in [0.1, 0.15) is 44.9 Å². The van der Waals surface area contributed by atoms with Crippen molar-refractivity contribution >= 4 is 53.3 Å². The second-order valence-corrected chi connectivity index (χ2v) is 11.9. The maximum Gasteiger partial charge on any atom is 0.331 e. The Morgan fingerprint density at radius 1 is 0.969 bits per heavy atom. The summed E-state index contributed by atoms with van der Waals surface area (Å²) in [6.07, 6.45) is 5.09. The van der Waals surface area contributed by atoms with E-state index in [4.69, 9.17) is 0 Å². The van der Waals surface area contributed by atoms with Crippen LogP contribution in [-0.4, -0.2) is 81.7 Å². The molecule has 5 fully saturated rings. The summed E-state index contributed by atoms with van der Waals surface area (Å²) in [5.74, 6) is 0.496. The molecule has 7 amide bonds. The molecule has 5 aliphatic rings. The van der Waals surface area contributed by atoms with Crippen molar-refractivity contribution in [3.8, 4) is 0 Å². The SMILES string of the molecule is CN1C(=O)N(C)C2(CC3(CCC(N4C(=O)NC(=O)C(=C5SCCCS5)C4=O)CC3)C2)C1=O. The number of hydrogen-bond donors (Lipinski definition) is 1. The third-order valence-electron chi connectivity index (χ3n) is 7.69. The minimum absolute atomic E-state index is 0.0482. The van der Waals surface area contributed by atoms with Gasteiger partial charge in [0.15, 0.2) is 0 Å². The first-order chi connectivity index (χ1) is 15.2. The van der Waals surface area contributed by atoms with E-state index in [1.54, 1.807) is 11.9 Å². The van der Waals surface area contributed by atoms with Gasteiger partial charge in [-0.3, -0.25) is 29.5 Å². The van der Waals surface area contributed by atoms with Crippen LogP contribution in [0.3, 0.4) is 0 Å². The second-order valence-electron chi connectivity index (χ2n) is 9.47. The zero-order chi connectivity index (χ0) is 22.8. The maximum absolute atomic E-state index is 13.2. The average molecular weight is 479 g/mol. The van der Waals surface area contributed by atoms with Gasteiger partial charge in [-0.05, 0) is 61.9 Å². The second kappa shape index (κ2) is 7.51. The molecule has 9 nitrogen and oxygen atoms in total. The Kier molecular flexibility index (Phi) is 5.12. The molecular formula is C21H26N4O5S2. The van der Waals surface area contributed by atoms with E-state index in [0.717, 1.165) is 30.8 Å². The third kappa shape index (κ3) is 3.03. The zero-order valence-corrected chi connectivity index (χ0v) is 19.8. The van der Waals surface area contributed by atoms with E-state index >= 15 is 0 Å². The number of barbiturate groups is 1. The van der Waals surface area contributed by atoms with E-state index in [-0.39, 0.29) is 29.0 Å². The summed E-state index contributed by atoms with van der Waals surface area (Å²) in [4.78, 5) is 67.2. The quantitative estimate of drug-likeness (QED) is 0.349. The fourth-order valence-corrected chi connectivity index (χ4v) is 8.58. The molecule has 3 aliphatic heterocycles. The van der Waals surface area contributed by atoms with Crippen molar-refractivity contribution in [3.63, 3.8) is 0 Å². The lowest BCUT2D eigenvalue weighted by Gasteiger charge is -2.58. The minimum Gasteiger partial charge on any atom is -0.313 e. The summed E-state index contributed by atoms with van der Waals surface area (Å²) in [5, 5.41) is 2.36. The number of carbonyl (C=O) groups excluding carboxylic acids is 5. The molecule has 32 heavy (non-hydrogen) atoms. The lowest BCUT2D eigenvalue weighted by molar-refractivity contribution is -0.148. The summed E-state index contributed by atoms with van der Waals surface area (Å²) in [6.45, 7) is 0. The molecule has 0 aromatic carbocycles. The van der Waals surface area contributed by atoms with Crippen molar-refractivity contribution in [2.75, 3.05) is 25.6 Å². The summed E-state index contributed by atoms with van der Waals surface area (Å²) in [6, 6.07) is -1.18. The van der Waals surface area contributed by atoms with Gasteiger partial charge >= 0.3 is 12.1 Å². The number of urea groups is 2. The molecular weight excluding hydrogens is 452 g/mol. The molecule has 0 aromatic rings. The first kappa shape index (κ1) is 21.8. The van der Waals surface area contributed by atoms with Crippen molar-refractivity contribution in [1.29, 1.82) is 0 Å². The van der Waals surface area contributed by atoms with Gasteiger partial charge in [0, 0.05) is 20.1 Å². The molecule has 11 heteroatoms.